The molecule has 2 aliphatic rings. The number of unbranched alkanes of at least 4 members (excludes halogenated alkanes) is 2. The Labute approximate surface area is 178 Å². The molecule has 1 amide bonds. The van der Waals surface area contributed by atoms with Gasteiger partial charge in [-0.05, 0) is 44.4 Å². The summed E-state index contributed by atoms with van der Waals surface area (Å²) in [5, 5.41) is 0. The summed E-state index contributed by atoms with van der Waals surface area (Å²) in [6.45, 7) is 7.76. The van der Waals surface area contributed by atoms with Crippen LogP contribution in [0.25, 0.3) is 0 Å². The number of halogens is 1. The molecule has 0 radical (unpaired) electrons. The summed E-state index contributed by atoms with van der Waals surface area (Å²) in [6.07, 6.45) is 5.63. The average Bonchev–Trinajstić information content (AvgIpc) is 3.22. The van der Waals surface area contributed by atoms with Gasteiger partial charge in [0.15, 0.2) is 17.3 Å². The lowest BCUT2D eigenvalue weighted by atomic mass is 10.1. The van der Waals surface area contributed by atoms with E-state index < -0.39 is 17.5 Å². The maximum absolute atomic E-state index is 14.8. The molecular weight excluding hydrogens is 387 g/mol. The second kappa shape index (κ2) is 10.8. The van der Waals surface area contributed by atoms with Crippen LogP contribution in [0.4, 0.5) is 4.39 Å². The quantitative estimate of drug-likeness (QED) is 0.328. The number of benzene rings is 1. The van der Waals surface area contributed by atoms with Gasteiger partial charge in [0.25, 0.3) is 11.7 Å². The SMILES string of the molecule is CCCCOc1cc(C(=O)C(=O)N2CCN3CCC[C@H]3C2)cc(F)c1OCCCC. The van der Waals surface area contributed by atoms with Gasteiger partial charge in [-0.3, -0.25) is 14.5 Å². The highest BCUT2D eigenvalue weighted by Gasteiger charge is 2.35. The normalized spacial score (nSPS) is 18.9. The monoisotopic (exact) mass is 420 g/mol. The van der Waals surface area contributed by atoms with E-state index in [9.17, 15) is 14.0 Å². The molecule has 166 valence electrons. The average molecular weight is 421 g/mol. The molecule has 0 unspecified atom stereocenters. The number of Topliss-reactive ketones (excluding diaryl/α,β-unsaturated/α-hetero) is 1. The second-order valence-electron chi connectivity index (χ2n) is 8.10. The van der Waals surface area contributed by atoms with Crippen molar-refractivity contribution in [2.24, 2.45) is 0 Å². The number of carbonyl (C=O) groups excluding carboxylic acids is 2. The molecule has 0 N–H and O–H groups in total. The molecule has 0 spiro atoms. The van der Waals surface area contributed by atoms with Gasteiger partial charge in [-0.25, -0.2) is 4.39 Å². The molecule has 1 aromatic carbocycles. The fraction of sp³-hybridized carbons (Fsp3) is 0.652. The van der Waals surface area contributed by atoms with Gasteiger partial charge in [0.1, 0.15) is 0 Å². The van der Waals surface area contributed by atoms with Crippen molar-refractivity contribution in [1.29, 1.82) is 0 Å². The first-order valence-electron chi connectivity index (χ1n) is 11.2. The van der Waals surface area contributed by atoms with Gasteiger partial charge < -0.3 is 14.4 Å². The molecule has 2 fully saturated rings. The molecular formula is C23H33FN2O4. The van der Waals surface area contributed by atoms with Crippen LogP contribution in [0.3, 0.4) is 0 Å². The number of rotatable bonds is 10. The summed E-state index contributed by atoms with van der Waals surface area (Å²) >= 11 is 0. The lowest BCUT2D eigenvalue weighted by Crippen LogP contribution is -2.53. The molecule has 30 heavy (non-hydrogen) atoms. The molecule has 1 atom stereocenters. The lowest BCUT2D eigenvalue weighted by Gasteiger charge is -2.37. The molecule has 0 aromatic heterocycles. The number of piperazine rings is 1. The fourth-order valence-corrected chi connectivity index (χ4v) is 4.03. The van der Waals surface area contributed by atoms with Crippen LogP contribution in [-0.4, -0.2) is 66.9 Å². The van der Waals surface area contributed by atoms with E-state index in [2.05, 4.69) is 4.90 Å². The van der Waals surface area contributed by atoms with Gasteiger partial charge >= 0.3 is 0 Å². The van der Waals surface area contributed by atoms with Gasteiger partial charge in [-0.1, -0.05) is 26.7 Å². The minimum Gasteiger partial charge on any atom is -0.490 e. The van der Waals surface area contributed by atoms with Crippen LogP contribution in [0.15, 0.2) is 12.1 Å². The van der Waals surface area contributed by atoms with Crippen molar-refractivity contribution >= 4 is 11.7 Å². The smallest absolute Gasteiger partial charge is 0.295 e. The third kappa shape index (κ3) is 5.31. The Morgan fingerprint density at radius 3 is 2.53 bits per heavy atom. The summed E-state index contributed by atoms with van der Waals surface area (Å²) < 4.78 is 26.1. The third-order valence-electron chi connectivity index (χ3n) is 5.84. The van der Waals surface area contributed by atoms with Crippen molar-refractivity contribution in [2.45, 2.75) is 58.4 Å². The minimum atomic E-state index is -0.694. The first-order valence-corrected chi connectivity index (χ1v) is 11.2. The number of carbonyl (C=O) groups is 2. The number of ether oxygens (including phenoxy) is 2. The Balaban J connectivity index is 1.75. The number of hydrogen-bond donors (Lipinski definition) is 0. The first kappa shape index (κ1) is 22.5. The van der Waals surface area contributed by atoms with Crippen LogP contribution in [0.5, 0.6) is 11.5 Å². The minimum absolute atomic E-state index is 0.0145. The number of amides is 1. The molecule has 0 aliphatic carbocycles. The van der Waals surface area contributed by atoms with E-state index in [4.69, 9.17) is 9.47 Å². The zero-order valence-corrected chi connectivity index (χ0v) is 18.1. The highest BCUT2D eigenvalue weighted by atomic mass is 19.1. The van der Waals surface area contributed by atoms with Crippen LogP contribution >= 0.6 is 0 Å². The highest BCUT2D eigenvalue weighted by molar-refractivity contribution is 6.42. The number of hydrogen-bond acceptors (Lipinski definition) is 5. The van der Waals surface area contributed by atoms with Crippen molar-refractivity contribution in [3.63, 3.8) is 0 Å². The summed E-state index contributed by atoms with van der Waals surface area (Å²) in [5.41, 5.74) is 0.0145. The molecule has 7 heteroatoms. The molecule has 3 rings (SSSR count). The first-order chi connectivity index (χ1) is 14.5. The molecule has 2 saturated heterocycles. The Morgan fingerprint density at radius 2 is 1.80 bits per heavy atom. The maximum atomic E-state index is 14.8. The van der Waals surface area contributed by atoms with E-state index in [-0.39, 0.29) is 17.1 Å². The highest BCUT2D eigenvalue weighted by Crippen LogP contribution is 2.33. The molecule has 2 aliphatic heterocycles. The van der Waals surface area contributed by atoms with Gasteiger partial charge in [0.05, 0.1) is 13.2 Å². The topological polar surface area (TPSA) is 59.1 Å². The van der Waals surface area contributed by atoms with Crippen LogP contribution < -0.4 is 9.47 Å². The molecule has 1 aromatic rings. The second-order valence-corrected chi connectivity index (χ2v) is 8.10. The molecule has 0 bridgehead atoms. The van der Waals surface area contributed by atoms with Gasteiger partial charge in [0.2, 0.25) is 0 Å². The summed E-state index contributed by atoms with van der Waals surface area (Å²) in [7, 11) is 0. The van der Waals surface area contributed by atoms with Crippen molar-refractivity contribution in [1.82, 2.24) is 9.80 Å². The van der Waals surface area contributed by atoms with Gasteiger partial charge in [-0.2, -0.15) is 0 Å². The van der Waals surface area contributed by atoms with E-state index in [1.807, 2.05) is 13.8 Å². The Kier molecular flexibility index (Phi) is 8.08. The van der Waals surface area contributed by atoms with Crippen LogP contribution in [0.1, 0.15) is 62.7 Å². The lowest BCUT2D eigenvalue weighted by molar-refractivity contribution is -0.128. The van der Waals surface area contributed by atoms with E-state index in [0.29, 0.717) is 32.3 Å². The van der Waals surface area contributed by atoms with Crippen LogP contribution in [-0.2, 0) is 4.79 Å². The van der Waals surface area contributed by atoms with E-state index in [1.165, 1.54) is 6.07 Å². The predicted octanol–water partition coefficient (Wildman–Crippen LogP) is 3.67. The molecule has 6 nitrogen and oxygen atoms in total. The number of ketones is 1. The Bertz CT molecular complexity index is 755. The van der Waals surface area contributed by atoms with Crippen molar-refractivity contribution in [2.75, 3.05) is 39.4 Å². The summed E-state index contributed by atoms with van der Waals surface area (Å²) in [5.74, 6) is -1.72. The number of fused-ring (bicyclic) bond motifs is 1. The fourth-order valence-electron chi connectivity index (χ4n) is 4.03. The van der Waals surface area contributed by atoms with Crippen LogP contribution in [0.2, 0.25) is 0 Å². The van der Waals surface area contributed by atoms with Crippen molar-refractivity contribution in [3.8, 4) is 11.5 Å². The summed E-state index contributed by atoms with van der Waals surface area (Å²) in [6, 6.07) is 2.88. The number of nitrogens with zero attached hydrogens (tertiary/aromatic N) is 2. The Hall–Kier alpha value is -2.15. The van der Waals surface area contributed by atoms with Gasteiger partial charge in [0, 0.05) is 31.2 Å². The molecule has 0 saturated carbocycles. The van der Waals surface area contributed by atoms with E-state index in [0.717, 1.165) is 57.7 Å². The Morgan fingerprint density at radius 1 is 1.07 bits per heavy atom. The largest absolute Gasteiger partial charge is 0.490 e. The van der Waals surface area contributed by atoms with Crippen molar-refractivity contribution in [3.05, 3.63) is 23.5 Å². The van der Waals surface area contributed by atoms with Gasteiger partial charge in [-0.15, -0.1) is 0 Å². The van der Waals surface area contributed by atoms with E-state index in [1.54, 1.807) is 4.90 Å². The standard InChI is InChI=1S/C23H33FN2O4/c1-3-5-12-29-20-15-17(14-19(24)22(20)30-13-6-4-2)21(27)23(28)26-11-10-25-9-7-8-18(25)16-26/h14-15,18H,3-13,16H2,1-2H3/t18-/m0/s1. The van der Waals surface area contributed by atoms with E-state index >= 15 is 0 Å². The maximum Gasteiger partial charge on any atom is 0.295 e. The van der Waals surface area contributed by atoms with Crippen LogP contribution in [0, 0.1) is 5.82 Å². The summed E-state index contributed by atoms with van der Waals surface area (Å²) in [4.78, 5) is 29.7. The van der Waals surface area contributed by atoms with Crippen molar-refractivity contribution < 1.29 is 23.5 Å². The predicted molar refractivity (Wildman–Crippen MR) is 113 cm³/mol. The zero-order chi connectivity index (χ0) is 21.5. The zero-order valence-electron chi connectivity index (χ0n) is 18.1. The molecule has 2 heterocycles. The third-order valence-corrected chi connectivity index (χ3v) is 5.84.